The van der Waals surface area contributed by atoms with Gasteiger partial charge in [0.1, 0.15) is 5.60 Å². The third-order valence-corrected chi connectivity index (χ3v) is 6.44. The highest BCUT2D eigenvalue weighted by molar-refractivity contribution is 5.80. The van der Waals surface area contributed by atoms with Gasteiger partial charge in [-0.3, -0.25) is 9.69 Å². The van der Waals surface area contributed by atoms with E-state index in [1.807, 2.05) is 31.2 Å². The minimum atomic E-state index is -1.14. The molecule has 1 aromatic carbocycles. The molecule has 2 heterocycles. The molecule has 2 amide bonds. The highest BCUT2D eigenvalue weighted by atomic mass is 16.6. The van der Waals surface area contributed by atoms with Crippen molar-refractivity contribution in [3.8, 4) is 0 Å². The van der Waals surface area contributed by atoms with Crippen LogP contribution in [0.4, 0.5) is 9.59 Å². The fourth-order valence-electron chi connectivity index (χ4n) is 4.95. The SMILES string of the molecule is COCC(C)COCc1ccc(C2=CC3CN(C(=O)OC(C)(C)C)CC(C2CC(=O)O)N3C(=O)O)cc1. The molecule has 0 aromatic heterocycles. The molecule has 0 spiro atoms. The van der Waals surface area contributed by atoms with Crippen LogP contribution in [0, 0.1) is 11.8 Å². The Kier molecular flexibility index (Phi) is 9.20. The molecule has 204 valence electrons. The van der Waals surface area contributed by atoms with E-state index in [9.17, 15) is 24.6 Å². The second kappa shape index (κ2) is 12.0. The predicted molar refractivity (Wildman–Crippen MR) is 136 cm³/mol. The number of carboxylic acid groups (broad SMARTS) is 2. The van der Waals surface area contributed by atoms with Crippen molar-refractivity contribution in [1.82, 2.24) is 9.80 Å². The van der Waals surface area contributed by atoms with E-state index in [-0.39, 0.29) is 25.4 Å². The Morgan fingerprint density at radius 1 is 1.08 bits per heavy atom. The van der Waals surface area contributed by atoms with Gasteiger partial charge in [0.15, 0.2) is 0 Å². The molecule has 4 unspecified atom stereocenters. The van der Waals surface area contributed by atoms with Crippen LogP contribution in [0.15, 0.2) is 30.3 Å². The Morgan fingerprint density at radius 2 is 1.76 bits per heavy atom. The maximum absolute atomic E-state index is 12.8. The molecular formula is C27H38N2O8. The molecule has 2 N–H and O–H groups in total. The van der Waals surface area contributed by atoms with Gasteiger partial charge < -0.3 is 29.3 Å². The van der Waals surface area contributed by atoms with E-state index in [0.29, 0.717) is 19.8 Å². The van der Waals surface area contributed by atoms with Gasteiger partial charge in [-0.05, 0) is 37.5 Å². The molecule has 0 radical (unpaired) electrons. The molecule has 10 heteroatoms. The standard InChI is InChI=1S/C27H38N2O8/c1-17(14-35-5)15-36-16-18-6-8-19(9-7-18)21-10-20-12-28(26(34)37-27(2,3)4)13-23(29(20)25(32)33)22(21)11-24(30)31/h6-10,17,20,22-23H,11-16H2,1-5H3,(H,30,31)(H,32,33). The molecular weight excluding hydrogens is 480 g/mol. The summed E-state index contributed by atoms with van der Waals surface area (Å²) in [5.74, 6) is -1.39. The lowest BCUT2D eigenvalue weighted by molar-refractivity contribution is -0.138. The summed E-state index contributed by atoms with van der Waals surface area (Å²) >= 11 is 0. The number of piperazine rings is 1. The number of rotatable bonds is 9. The quantitative estimate of drug-likeness (QED) is 0.504. The summed E-state index contributed by atoms with van der Waals surface area (Å²) in [4.78, 5) is 39.6. The predicted octanol–water partition coefficient (Wildman–Crippen LogP) is 3.94. The number of fused-ring (bicyclic) bond motifs is 2. The number of ether oxygens (including phenoxy) is 3. The minimum absolute atomic E-state index is 0.0541. The van der Waals surface area contributed by atoms with E-state index in [1.165, 1.54) is 9.80 Å². The highest BCUT2D eigenvalue weighted by Crippen LogP contribution is 2.40. The van der Waals surface area contributed by atoms with Crippen molar-refractivity contribution in [3.63, 3.8) is 0 Å². The molecule has 2 aliphatic heterocycles. The fourth-order valence-corrected chi connectivity index (χ4v) is 4.95. The Bertz CT molecular complexity index is 1000. The van der Waals surface area contributed by atoms with Crippen LogP contribution in [0.1, 0.15) is 45.2 Å². The van der Waals surface area contributed by atoms with Crippen molar-refractivity contribution in [1.29, 1.82) is 0 Å². The summed E-state index contributed by atoms with van der Waals surface area (Å²) < 4.78 is 16.4. The first kappa shape index (κ1) is 28.5. The average molecular weight is 519 g/mol. The maximum atomic E-state index is 12.8. The molecule has 3 rings (SSSR count). The summed E-state index contributed by atoms with van der Waals surface area (Å²) in [5.41, 5.74) is 1.88. The number of hydrogen-bond acceptors (Lipinski definition) is 6. The first-order valence-corrected chi connectivity index (χ1v) is 12.5. The van der Waals surface area contributed by atoms with Crippen LogP contribution in [0.25, 0.3) is 5.57 Å². The van der Waals surface area contributed by atoms with E-state index >= 15 is 0 Å². The molecule has 10 nitrogen and oxygen atoms in total. The number of nitrogens with zero attached hydrogens (tertiary/aromatic N) is 2. The second-order valence-electron chi connectivity index (χ2n) is 10.8. The minimum Gasteiger partial charge on any atom is -0.481 e. The number of benzene rings is 1. The Hall–Kier alpha value is -3.11. The van der Waals surface area contributed by atoms with Gasteiger partial charge in [0, 0.05) is 32.0 Å². The molecule has 1 saturated heterocycles. The smallest absolute Gasteiger partial charge is 0.410 e. The number of aliphatic carboxylic acids is 1. The van der Waals surface area contributed by atoms with Gasteiger partial charge in [-0.1, -0.05) is 37.3 Å². The first-order valence-electron chi connectivity index (χ1n) is 12.5. The van der Waals surface area contributed by atoms with E-state index in [4.69, 9.17) is 14.2 Å². The Labute approximate surface area is 217 Å². The van der Waals surface area contributed by atoms with Gasteiger partial charge in [-0.25, -0.2) is 9.59 Å². The Morgan fingerprint density at radius 3 is 2.32 bits per heavy atom. The van der Waals surface area contributed by atoms with Crippen molar-refractivity contribution < 1.29 is 38.8 Å². The van der Waals surface area contributed by atoms with Crippen molar-refractivity contribution in [2.75, 3.05) is 33.4 Å². The lowest BCUT2D eigenvalue weighted by Gasteiger charge is -2.50. The van der Waals surface area contributed by atoms with Gasteiger partial charge in [0.2, 0.25) is 0 Å². The van der Waals surface area contributed by atoms with E-state index < -0.39 is 41.8 Å². The highest BCUT2D eigenvalue weighted by Gasteiger charge is 2.48. The molecule has 0 saturated carbocycles. The topological polar surface area (TPSA) is 126 Å². The number of carbonyl (C=O) groups is 3. The largest absolute Gasteiger partial charge is 0.481 e. The van der Waals surface area contributed by atoms with E-state index in [2.05, 4.69) is 0 Å². The summed E-state index contributed by atoms with van der Waals surface area (Å²) in [6.07, 6.45) is -0.160. The molecule has 2 bridgehead atoms. The van der Waals surface area contributed by atoms with Crippen LogP contribution >= 0.6 is 0 Å². The van der Waals surface area contributed by atoms with Crippen LogP contribution in [-0.2, 0) is 25.6 Å². The van der Waals surface area contributed by atoms with Crippen molar-refractivity contribution in [2.45, 2.75) is 58.4 Å². The van der Waals surface area contributed by atoms with Gasteiger partial charge >= 0.3 is 18.2 Å². The van der Waals surface area contributed by atoms with E-state index in [1.54, 1.807) is 34.0 Å². The van der Waals surface area contributed by atoms with E-state index in [0.717, 1.165) is 16.7 Å². The number of carboxylic acids is 1. The summed E-state index contributed by atoms with van der Waals surface area (Å²) in [7, 11) is 1.66. The number of methoxy groups -OCH3 is 1. The third-order valence-electron chi connectivity index (χ3n) is 6.44. The number of carbonyl (C=O) groups excluding carboxylic acids is 1. The molecule has 4 atom stereocenters. The summed E-state index contributed by atoms with van der Waals surface area (Å²) in [6, 6.07) is 6.35. The van der Waals surface area contributed by atoms with Gasteiger partial charge in [-0.2, -0.15) is 0 Å². The Balaban J connectivity index is 1.85. The van der Waals surface area contributed by atoms with Crippen LogP contribution in [0.3, 0.4) is 0 Å². The summed E-state index contributed by atoms with van der Waals surface area (Å²) in [5, 5.41) is 19.6. The van der Waals surface area contributed by atoms with Gasteiger partial charge in [0.25, 0.3) is 0 Å². The molecule has 1 aromatic rings. The molecule has 2 aliphatic rings. The number of amides is 2. The zero-order chi connectivity index (χ0) is 27.3. The van der Waals surface area contributed by atoms with Gasteiger partial charge in [-0.15, -0.1) is 0 Å². The van der Waals surface area contributed by atoms with Crippen LogP contribution in [0.5, 0.6) is 0 Å². The van der Waals surface area contributed by atoms with Crippen LogP contribution < -0.4 is 0 Å². The molecule has 37 heavy (non-hydrogen) atoms. The maximum Gasteiger partial charge on any atom is 0.410 e. The summed E-state index contributed by atoms with van der Waals surface area (Å²) in [6.45, 7) is 9.16. The molecule has 0 aliphatic carbocycles. The first-order chi connectivity index (χ1) is 17.4. The van der Waals surface area contributed by atoms with Gasteiger partial charge in [0.05, 0.1) is 38.3 Å². The second-order valence-corrected chi connectivity index (χ2v) is 10.8. The third kappa shape index (κ3) is 7.45. The van der Waals surface area contributed by atoms with Crippen LogP contribution in [-0.4, -0.2) is 89.3 Å². The molecule has 1 fully saturated rings. The zero-order valence-corrected chi connectivity index (χ0v) is 22.2. The fraction of sp³-hybridized carbons (Fsp3) is 0.593. The van der Waals surface area contributed by atoms with Crippen LogP contribution in [0.2, 0.25) is 0 Å². The average Bonchev–Trinajstić information content (AvgIpc) is 2.79. The number of hydrogen-bond donors (Lipinski definition) is 2. The monoisotopic (exact) mass is 518 g/mol. The zero-order valence-electron chi connectivity index (χ0n) is 22.2. The van der Waals surface area contributed by atoms with Crippen molar-refractivity contribution >= 4 is 23.7 Å². The lowest BCUT2D eigenvalue weighted by Crippen LogP contribution is -2.65. The van der Waals surface area contributed by atoms with Crippen molar-refractivity contribution in [2.24, 2.45) is 11.8 Å². The normalized spacial score (nSPS) is 22.3. The lowest BCUT2D eigenvalue weighted by atomic mass is 9.77. The van der Waals surface area contributed by atoms with Crippen molar-refractivity contribution in [3.05, 3.63) is 41.5 Å².